The molecule has 0 unspecified atom stereocenters. The van der Waals surface area contributed by atoms with E-state index >= 15 is 0 Å². The highest BCUT2D eigenvalue weighted by atomic mass is 19.1. The van der Waals surface area contributed by atoms with E-state index in [0.29, 0.717) is 11.1 Å². The molecule has 3 rings (SSSR count). The van der Waals surface area contributed by atoms with Gasteiger partial charge in [-0.25, -0.2) is 9.18 Å². The molecule has 1 amide bonds. The highest BCUT2D eigenvalue weighted by Gasteiger charge is 2.12. The van der Waals surface area contributed by atoms with Crippen molar-refractivity contribution in [2.75, 3.05) is 19.0 Å². The van der Waals surface area contributed by atoms with E-state index in [1.165, 1.54) is 25.3 Å². The summed E-state index contributed by atoms with van der Waals surface area (Å²) in [6, 6.07) is 13.1. The van der Waals surface area contributed by atoms with Crippen molar-refractivity contribution in [2.24, 2.45) is 0 Å². The van der Waals surface area contributed by atoms with Gasteiger partial charge in [-0.3, -0.25) is 10.1 Å². The number of nitrogens with zero attached hydrogens (tertiary/aromatic N) is 2. The monoisotopic (exact) mass is 397 g/mol. The number of benzene rings is 2. The summed E-state index contributed by atoms with van der Waals surface area (Å²) in [4.78, 5) is 23.6. The molecule has 9 heteroatoms. The van der Waals surface area contributed by atoms with Gasteiger partial charge in [-0.2, -0.15) is 0 Å². The molecule has 1 heterocycles. The van der Waals surface area contributed by atoms with Crippen LogP contribution in [0.3, 0.4) is 0 Å². The fraction of sp³-hybridized carbons (Fsp3) is 0.100. The summed E-state index contributed by atoms with van der Waals surface area (Å²) >= 11 is 0. The van der Waals surface area contributed by atoms with Crippen molar-refractivity contribution in [3.8, 4) is 17.2 Å². The lowest BCUT2D eigenvalue weighted by atomic mass is 10.2. The average molecular weight is 397 g/mol. The summed E-state index contributed by atoms with van der Waals surface area (Å²) < 4.78 is 28.6. The van der Waals surface area contributed by atoms with Crippen LogP contribution in [0.15, 0.2) is 59.0 Å². The third-order valence-electron chi connectivity index (χ3n) is 3.63. The van der Waals surface area contributed by atoms with E-state index in [1.54, 1.807) is 18.2 Å². The number of methoxy groups -OCH3 is 1. The lowest BCUT2D eigenvalue weighted by Gasteiger charge is -2.02. The van der Waals surface area contributed by atoms with Crippen molar-refractivity contribution in [3.05, 3.63) is 66.0 Å². The molecule has 148 valence electrons. The van der Waals surface area contributed by atoms with Gasteiger partial charge >= 0.3 is 12.0 Å². The fourth-order valence-electron chi connectivity index (χ4n) is 2.26. The van der Waals surface area contributed by atoms with Crippen molar-refractivity contribution in [3.63, 3.8) is 0 Å². The van der Waals surface area contributed by atoms with Crippen LogP contribution in [0.2, 0.25) is 0 Å². The highest BCUT2D eigenvalue weighted by Crippen LogP contribution is 2.19. The smallest absolute Gasteiger partial charge is 0.331 e. The van der Waals surface area contributed by atoms with E-state index in [-0.39, 0.29) is 17.7 Å². The second-order valence-corrected chi connectivity index (χ2v) is 5.66. The summed E-state index contributed by atoms with van der Waals surface area (Å²) in [6.07, 6.45) is 2.43. The van der Waals surface area contributed by atoms with Crippen LogP contribution in [0.1, 0.15) is 5.56 Å². The standard InChI is InChI=1S/C20H16FN3O5/c1-27-16-9-7-13(11-15(16)21)8-10-18(26)28-12-17(25)22-20-24-23-19(29-20)14-5-3-2-4-6-14/h2-11H,12H2,1H3,(H,22,24,25)/b10-8+. The first-order valence-corrected chi connectivity index (χ1v) is 8.42. The summed E-state index contributed by atoms with van der Waals surface area (Å²) in [5, 5.41) is 9.87. The molecule has 1 N–H and O–H groups in total. The lowest BCUT2D eigenvalue weighted by Crippen LogP contribution is -2.20. The van der Waals surface area contributed by atoms with Crippen LogP contribution in [0.4, 0.5) is 10.4 Å². The third kappa shape index (κ3) is 5.48. The van der Waals surface area contributed by atoms with E-state index < -0.39 is 24.3 Å². The quantitative estimate of drug-likeness (QED) is 0.483. The molecule has 0 aliphatic carbocycles. The minimum atomic E-state index is -0.771. The zero-order chi connectivity index (χ0) is 20.6. The number of ether oxygens (including phenoxy) is 2. The molecule has 0 radical (unpaired) electrons. The predicted octanol–water partition coefficient (Wildman–Crippen LogP) is 3.08. The highest BCUT2D eigenvalue weighted by molar-refractivity contribution is 5.93. The minimum Gasteiger partial charge on any atom is -0.494 e. The maximum Gasteiger partial charge on any atom is 0.331 e. The second kappa shape index (κ2) is 9.27. The molecule has 0 aliphatic heterocycles. The Kier molecular flexibility index (Phi) is 6.31. The van der Waals surface area contributed by atoms with Crippen molar-refractivity contribution < 1.29 is 27.9 Å². The van der Waals surface area contributed by atoms with Gasteiger partial charge < -0.3 is 13.9 Å². The van der Waals surface area contributed by atoms with Crippen LogP contribution in [-0.4, -0.2) is 35.8 Å². The van der Waals surface area contributed by atoms with Gasteiger partial charge in [0.05, 0.1) is 7.11 Å². The number of hydrogen-bond donors (Lipinski definition) is 1. The van der Waals surface area contributed by atoms with E-state index in [1.807, 2.05) is 18.2 Å². The van der Waals surface area contributed by atoms with Crippen LogP contribution >= 0.6 is 0 Å². The van der Waals surface area contributed by atoms with E-state index in [2.05, 4.69) is 15.5 Å². The number of anilines is 1. The van der Waals surface area contributed by atoms with Crippen LogP contribution < -0.4 is 10.1 Å². The van der Waals surface area contributed by atoms with Crippen molar-refractivity contribution in [2.45, 2.75) is 0 Å². The number of esters is 1. The number of rotatable bonds is 7. The summed E-state index contributed by atoms with van der Waals surface area (Å²) in [7, 11) is 1.35. The maximum atomic E-state index is 13.6. The number of carbonyl (C=O) groups is 2. The summed E-state index contributed by atoms with van der Waals surface area (Å²) in [6.45, 7) is -0.552. The molecule has 29 heavy (non-hydrogen) atoms. The minimum absolute atomic E-state index is 0.0952. The molecule has 1 aromatic heterocycles. The van der Waals surface area contributed by atoms with Crippen LogP contribution in [0.25, 0.3) is 17.5 Å². The zero-order valence-corrected chi connectivity index (χ0v) is 15.3. The second-order valence-electron chi connectivity index (χ2n) is 5.66. The molecular weight excluding hydrogens is 381 g/mol. The normalized spacial score (nSPS) is 10.7. The molecule has 0 fully saturated rings. The number of amides is 1. The Bertz CT molecular complexity index is 1030. The molecule has 8 nitrogen and oxygen atoms in total. The first-order chi connectivity index (χ1) is 14.0. The van der Waals surface area contributed by atoms with Crippen LogP contribution in [0, 0.1) is 5.82 Å². The average Bonchev–Trinajstić information content (AvgIpc) is 3.20. The Morgan fingerprint density at radius 2 is 1.97 bits per heavy atom. The van der Waals surface area contributed by atoms with Crippen LogP contribution in [-0.2, 0) is 14.3 Å². The van der Waals surface area contributed by atoms with Gasteiger partial charge in [-0.1, -0.05) is 29.4 Å². The number of carbonyl (C=O) groups excluding carboxylic acids is 2. The Balaban J connectivity index is 1.48. The fourth-order valence-corrected chi connectivity index (χ4v) is 2.26. The Morgan fingerprint density at radius 1 is 1.17 bits per heavy atom. The Morgan fingerprint density at radius 3 is 2.69 bits per heavy atom. The van der Waals surface area contributed by atoms with Gasteiger partial charge in [-0.15, -0.1) is 5.10 Å². The first kappa shape index (κ1) is 19.7. The zero-order valence-electron chi connectivity index (χ0n) is 15.3. The van der Waals surface area contributed by atoms with Gasteiger partial charge in [-0.05, 0) is 35.9 Å². The lowest BCUT2D eigenvalue weighted by molar-refractivity contribution is -0.142. The van der Waals surface area contributed by atoms with Gasteiger partial charge in [0.25, 0.3) is 5.91 Å². The van der Waals surface area contributed by atoms with Crippen molar-refractivity contribution in [1.82, 2.24) is 10.2 Å². The van der Waals surface area contributed by atoms with E-state index in [4.69, 9.17) is 13.9 Å². The van der Waals surface area contributed by atoms with Gasteiger partial charge in [0.2, 0.25) is 5.89 Å². The summed E-state index contributed by atoms with van der Waals surface area (Å²) in [5.41, 5.74) is 1.14. The van der Waals surface area contributed by atoms with Gasteiger partial charge in [0.1, 0.15) is 0 Å². The molecule has 0 spiro atoms. The number of aromatic nitrogens is 2. The molecular formula is C20H16FN3O5. The van der Waals surface area contributed by atoms with Gasteiger partial charge in [0.15, 0.2) is 18.2 Å². The number of halogens is 1. The largest absolute Gasteiger partial charge is 0.494 e. The van der Waals surface area contributed by atoms with E-state index in [0.717, 1.165) is 6.08 Å². The molecule has 0 atom stereocenters. The predicted molar refractivity (Wildman–Crippen MR) is 101 cm³/mol. The SMILES string of the molecule is COc1ccc(/C=C/C(=O)OCC(=O)Nc2nnc(-c3ccccc3)o2)cc1F. The topological polar surface area (TPSA) is 104 Å². The molecule has 3 aromatic rings. The maximum absolute atomic E-state index is 13.6. The molecule has 0 saturated heterocycles. The first-order valence-electron chi connectivity index (χ1n) is 8.42. The molecule has 0 saturated carbocycles. The number of nitrogens with one attached hydrogen (secondary N) is 1. The van der Waals surface area contributed by atoms with Crippen molar-refractivity contribution >= 4 is 24.0 Å². The van der Waals surface area contributed by atoms with Crippen molar-refractivity contribution in [1.29, 1.82) is 0 Å². The van der Waals surface area contributed by atoms with Crippen LogP contribution in [0.5, 0.6) is 5.75 Å². The van der Waals surface area contributed by atoms with E-state index in [9.17, 15) is 14.0 Å². The molecule has 0 bridgehead atoms. The Hall–Kier alpha value is -4.01. The summed E-state index contributed by atoms with van der Waals surface area (Å²) in [5.74, 6) is -1.64. The number of hydrogen-bond acceptors (Lipinski definition) is 7. The molecule has 0 aliphatic rings. The van der Waals surface area contributed by atoms with Gasteiger partial charge in [0, 0.05) is 11.6 Å². The Labute approximate surface area is 165 Å². The molecule has 2 aromatic carbocycles. The third-order valence-corrected chi connectivity index (χ3v) is 3.63.